The lowest BCUT2D eigenvalue weighted by molar-refractivity contribution is -0.137. The second-order valence-electron chi connectivity index (χ2n) is 5.64. The maximum atomic E-state index is 12.1. The van der Waals surface area contributed by atoms with Crippen molar-refractivity contribution in [3.05, 3.63) is 30.1 Å². The average molecular weight is 280 g/mol. The summed E-state index contributed by atoms with van der Waals surface area (Å²) < 4.78 is 0. The molecular formula is C14H20N2O2S. The number of carbonyl (C=O) groups is 1. The van der Waals surface area contributed by atoms with Crippen molar-refractivity contribution in [2.24, 2.45) is 0 Å². The van der Waals surface area contributed by atoms with Crippen molar-refractivity contribution in [1.82, 2.24) is 10.3 Å². The van der Waals surface area contributed by atoms with Crippen molar-refractivity contribution in [2.45, 2.75) is 31.3 Å². The van der Waals surface area contributed by atoms with Gasteiger partial charge < -0.3 is 10.4 Å². The van der Waals surface area contributed by atoms with E-state index in [0.29, 0.717) is 18.7 Å². The summed E-state index contributed by atoms with van der Waals surface area (Å²) >= 11 is 1.62. The lowest BCUT2D eigenvalue weighted by atomic mass is 9.85. The highest BCUT2D eigenvalue weighted by molar-refractivity contribution is 7.99. The van der Waals surface area contributed by atoms with Gasteiger partial charge in [-0.2, -0.15) is 11.8 Å². The highest BCUT2D eigenvalue weighted by atomic mass is 32.2. The molecule has 0 bridgehead atoms. The van der Waals surface area contributed by atoms with Gasteiger partial charge in [0.2, 0.25) is 0 Å². The molecule has 104 valence electrons. The summed E-state index contributed by atoms with van der Waals surface area (Å²) in [6.45, 7) is 4.63. The number of nitrogens with one attached hydrogen (secondary N) is 1. The Bertz CT molecular complexity index is 442. The van der Waals surface area contributed by atoms with Crippen molar-refractivity contribution < 1.29 is 9.90 Å². The first kappa shape index (κ1) is 14.3. The average Bonchev–Trinajstić information content (AvgIpc) is 2.85. The highest BCUT2D eigenvalue weighted by Gasteiger charge is 2.39. The first-order valence-corrected chi connectivity index (χ1v) is 7.58. The van der Waals surface area contributed by atoms with Gasteiger partial charge in [-0.1, -0.05) is 13.8 Å². The summed E-state index contributed by atoms with van der Waals surface area (Å²) in [5.74, 6) is 1.09. The van der Waals surface area contributed by atoms with Gasteiger partial charge in [0.1, 0.15) is 0 Å². The fourth-order valence-electron chi connectivity index (χ4n) is 2.10. The van der Waals surface area contributed by atoms with Gasteiger partial charge in [0.15, 0.2) is 5.60 Å². The van der Waals surface area contributed by atoms with Crippen molar-refractivity contribution in [3.8, 4) is 0 Å². The summed E-state index contributed by atoms with van der Waals surface area (Å²) in [7, 11) is 0. The van der Waals surface area contributed by atoms with E-state index in [0.717, 1.165) is 11.3 Å². The SMILES string of the molecule is CC(C)(CNC(=O)C1(O)CCSC1)c1ccncc1. The van der Waals surface area contributed by atoms with Crippen LogP contribution in [0.25, 0.3) is 0 Å². The maximum Gasteiger partial charge on any atom is 0.252 e. The zero-order chi connectivity index (χ0) is 13.9. The second-order valence-corrected chi connectivity index (χ2v) is 6.74. The van der Waals surface area contributed by atoms with E-state index in [4.69, 9.17) is 0 Å². The number of hydrogen-bond acceptors (Lipinski definition) is 4. The van der Waals surface area contributed by atoms with Gasteiger partial charge in [0.25, 0.3) is 5.91 Å². The Hall–Kier alpha value is -1.07. The van der Waals surface area contributed by atoms with Crippen LogP contribution in [0.15, 0.2) is 24.5 Å². The Morgan fingerprint density at radius 2 is 2.21 bits per heavy atom. The third kappa shape index (κ3) is 3.28. The van der Waals surface area contributed by atoms with Gasteiger partial charge in [-0.25, -0.2) is 0 Å². The smallest absolute Gasteiger partial charge is 0.252 e. The van der Waals surface area contributed by atoms with Crippen molar-refractivity contribution in [1.29, 1.82) is 0 Å². The number of aromatic nitrogens is 1. The van der Waals surface area contributed by atoms with Crippen LogP contribution in [0.4, 0.5) is 0 Å². The molecule has 19 heavy (non-hydrogen) atoms. The van der Waals surface area contributed by atoms with Crippen LogP contribution in [-0.4, -0.2) is 39.6 Å². The number of hydrogen-bond donors (Lipinski definition) is 2. The third-order valence-corrected chi connectivity index (χ3v) is 4.75. The lowest BCUT2D eigenvalue weighted by Gasteiger charge is -2.28. The predicted molar refractivity (Wildman–Crippen MR) is 77.2 cm³/mol. The molecule has 1 unspecified atom stereocenters. The van der Waals surface area contributed by atoms with E-state index in [1.165, 1.54) is 0 Å². The molecule has 1 aromatic rings. The van der Waals surface area contributed by atoms with Crippen molar-refractivity contribution >= 4 is 17.7 Å². The molecule has 2 rings (SSSR count). The maximum absolute atomic E-state index is 12.1. The number of aliphatic hydroxyl groups is 1. The van der Waals surface area contributed by atoms with Gasteiger partial charge in [-0.15, -0.1) is 0 Å². The van der Waals surface area contributed by atoms with E-state index < -0.39 is 5.60 Å². The molecule has 1 amide bonds. The fraction of sp³-hybridized carbons (Fsp3) is 0.571. The Morgan fingerprint density at radius 1 is 1.53 bits per heavy atom. The Kier molecular flexibility index (Phi) is 4.16. The molecule has 1 aromatic heterocycles. The number of pyridine rings is 1. The minimum atomic E-state index is -1.18. The van der Waals surface area contributed by atoms with Crippen LogP contribution in [0.2, 0.25) is 0 Å². The normalized spacial score (nSPS) is 23.3. The molecule has 0 spiro atoms. The topological polar surface area (TPSA) is 62.2 Å². The summed E-state index contributed by atoms with van der Waals surface area (Å²) in [5, 5.41) is 13.1. The first-order chi connectivity index (χ1) is 8.94. The van der Waals surface area contributed by atoms with Crippen LogP contribution in [0.1, 0.15) is 25.8 Å². The highest BCUT2D eigenvalue weighted by Crippen LogP contribution is 2.28. The van der Waals surface area contributed by atoms with E-state index in [-0.39, 0.29) is 11.3 Å². The summed E-state index contributed by atoms with van der Waals surface area (Å²) in [5.41, 5.74) is -0.240. The molecule has 1 saturated heterocycles. The molecule has 0 aliphatic carbocycles. The van der Waals surface area contributed by atoms with E-state index >= 15 is 0 Å². The first-order valence-electron chi connectivity index (χ1n) is 6.43. The Balaban J connectivity index is 1.96. The lowest BCUT2D eigenvalue weighted by Crippen LogP contribution is -2.49. The number of rotatable bonds is 4. The van der Waals surface area contributed by atoms with Gasteiger partial charge in [-0.05, 0) is 29.9 Å². The predicted octanol–water partition coefficient (Wildman–Crippen LogP) is 1.34. The number of nitrogens with zero attached hydrogens (tertiary/aromatic N) is 1. The monoisotopic (exact) mass is 280 g/mol. The molecule has 0 saturated carbocycles. The number of carbonyl (C=O) groups excluding carboxylic acids is 1. The summed E-state index contributed by atoms with van der Waals surface area (Å²) in [6.07, 6.45) is 4.04. The molecule has 5 heteroatoms. The molecule has 1 atom stereocenters. The van der Waals surface area contributed by atoms with Crippen LogP contribution >= 0.6 is 11.8 Å². The molecule has 0 aromatic carbocycles. The zero-order valence-corrected chi connectivity index (χ0v) is 12.2. The molecule has 2 heterocycles. The van der Waals surface area contributed by atoms with Crippen LogP contribution in [0.3, 0.4) is 0 Å². The third-order valence-electron chi connectivity index (χ3n) is 3.58. The molecule has 2 N–H and O–H groups in total. The second kappa shape index (κ2) is 5.51. The summed E-state index contributed by atoms with van der Waals surface area (Å²) in [4.78, 5) is 16.1. The van der Waals surface area contributed by atoms with E-state index in [1.807, 2.05) is 12.1 Å². The fourth-order valence-corrected chi connectivity index (χ4v) is 3.34. The Morgan fingerprint density at radius 3 is 2.79 bits per heavy atom. The zero-order valence-electron chi connectivity index (χ0n) is 11.3. The van der Waals surface area contributed by atoms with Crippen molar-refractivity contribution in [2.75, 3.05) is 18.1 Å². The molecule has 4 nitrogen and oxygen atoms in total. The molecular weight excluding hydrogens is 260 g/mol. The molecule has 1 aliphatic rings. The number of thioether (sulfide) groups is 1. The van der Waals surface area contributed by atoms with Gasteiger partial charge >= 0.3 is 0 Å². The number of amides is 1. The van der Waals surface area contributed by atoms with E-state index in [1.54, 1.807) is 24.2 Å². The minimum Gasteiger partial charge on any atom is -0.379 e. The van der Waals surface area contributed by atoms with Gasteiger partial charge in [0, 0.05) is 30.1 Å². The van der Waals surface area contributed by atoms with E-state index in [9.17, 15) is 9.90 Å². The largest absolute Gasteiger partial charge is 0.379 e. The van der Waals surface area contributed by atoms with Crippen LogP contribution < -0.4 is 5.32 Å². The quantitative estimate of drug-likeness (QED) is 0.874. The summed E-state index contributed by atoms with van der Waals surface area (Å²) in [6, 6.07) is 3.90. The molecule has 1 aliphatic heterocycles. The molecule has 1 fully saturated rings. The van der Waals surface area contributed by atoms with Gasteiger partial charge in [0.05, 0.1) is 0 Å². The van der Waals surface area contributed by atoms with E-state index in [2.05, 4.69) is 24.1 Å². The standard InChI is InChI=1S/C14H20N2O2S/c1-13(2,11-3-6-15-7-4-11)9-16-12(17)14(18)5-8-19-10-14/h3-4,6-7,18H,5,8-10H2,1-2H3,(H,16,17). The minimum absolute atomic E-state index is 0.180. The van der Waals surface area contributed by atoms with Crippen LogP contribution in [-0.2, 0) is 10.2 Å². The Labute approximate surface area is 118 Å². The van der Waals surface area contributed by atoms with Crippen LogP contribution in [0.5, 0.6) is 0 Å². The molecule has 0 radical (unpaired) electrons. The van der Waals surface area contributed by atoms with Crippen molar-refractivity contribution in [3.63, 3.8) is 0 Å². The van der Waals surface area contributed by atoms with Gasteiger partial charge in [-0.3, -0.25) is 9.78 Å². The van der Waals surface area contributed by atoms with Crippen LogP contribution in [0, 0.1) is 0 Å².